The summed E-state index contributed by atoms with van der Waals surface area (Å²) in [6.07, 6.45) is 3.73. The Labute approximate surface area is 263 Å². The SMILES string of the molecule is CN(CCc1ccccn1)C[C@@H]1C[C@H](c2ccc(CO)cc2)OC(c2cccc(NS(=O)(=O)c3cccc4cccnc34)c2)O1. The predicted octanol–water partition coefficient (Wildman–Crippen LogP) is 5.64. The Morgan fingerprint density at radius 3 is 2.49 bits per heavy atom. The number of ether oxygens (including phenoxy) is 2. The van der Waals surface area contributed by atoms with E-state index in [2.05, 4.69) is 26.6 Å². The number of likely N-dealkylation sites (N-methyl/N-ethyl adjacent to an activating group) is 1. The van der Waals surface area contributed by atoms with Crippen molar-refractivity contribution in [2.75, 3.05) is 24.9 Å². The molecule has 2 aromatic heterocycles. The number of pyridine rings is 2. The van der Waals surface area contributed by atoms with E-state index in [0.29, 0.717) is 29.7 Å². The van der Waals surface area contributed by atoms with Gasteiger partial charge in [0, 0.05) is 60.7 Å². The van der Waals surface area contributed by atoms with Crippen LogP contribution >= 0.6 is 0 Å². The van der Waals surface area contributed by atoms with Gasteiger partial charge >= 0.3 is 0 Å². The Kier molecular flexibility index (Phi) is 9.48. The van der Waals surface area contributed by atoms with Crippen LogP contribution in [0.3, 0.4) is 0 Å². The Balaban J connectivity index is 1.22. The molecule has 1 saturated heterocycles. The maximum atomic E-state index is 13.5. The number of anilines is 1. The first-order chi connectivity index (χ1) is 21.9. The summed E-state index contributed by atoms with van der Waals surface area (Å²) in [5, 5.41) is 10.3. The van der Waals surface area contributed by atoms with E-state index in [4.69, 9.17) is 9.47 Å². The number of fused-ring (bicyclic) bond motifs is 1. The molecule has 3 heterocycles. The van der Waals surface area contributed by atoms with Gasteiger partial charge in [0.1, 0.15) is 4.90 Å². The van der Waals surface area contributed by atoms with Gasteiger partial charge in [-0.25, -0.2) is 8.42 Å². The lowest BCUT2D eigenvalue weighted by molar-refractivity contribution is -0.252. The smallest absolute Gasteiger partial charge is 0.264 e. The lowest BCUT2D eigenvalue weighted by Gasteiger charge is -2.38. The van der Waals surface area contributed by atoms with E-state index in [1.165, 1.54) is 0 Å². The second-order valence-electron chi connectivity index (χ2n) is 11.2. The van der Waals surface area contributed by atoms with Crippen molar-refractivity contribution in [3.8, 4) is 0 Å². The summed E-state index contributed by atoms with van der Waals surface area (Å²) < 4.78 is 42.7. The first-order valence-corrected chi connectivity index (χ1v) is 16.4. The van der Waals surface area contributed by atoms with Crippen LogP contribution in [-0.2, 0) is 32.5 Å². The van der Waals surface area contributed by atoms with Crippen LogP contribution in [0.2, 0.25) is 0 Å². The molecule has 0 aliphatic carbocycles. The Morgan fingerprint density at radius 2 is 1.69 bits per heavy atom. The predicted molar refractivity (Wildman–Crippen MR) is 173 cm³/mol. The van der Waals surface area contributed by atoms with Gasteiger partial charge in [-0.3, -0.25) is 14.7 Å². The van der Waals surface area contributed by atoms with Crippen LogP contribution in [-0.4, -0.2) is 54.6 Å². The first-order valence-electron chi connectivity index (χ1n) is 14.9. The molecule has 232 valence electrons. The molecule has 0 amide bonds. The van der Waals surface area contributed by atoms with E-state index in [0.717, 1.165) is 35.2 Å². The fourth-order valence-corrected chi connectivity index (χ4v) is 6.81. The second-order valence-corrected chi connectivity index (χ2v) is 12.9. The fourth-order valence-electron chi connectivity index (χ4n) is 5.58. The molecule has 1 unspecified atom stereocenters. The number of aromatic nitrogens is 2. The molecule has 10 heteroatoms. The molecule has 1 aliphatic rings. The third-order valence-electron chi connectivity index (χ3n) is 7.90. The van der Waals surface area contributed by atoms with Crippen molar-refractivity contribution in [3.63, 3.8) is 0 Å². The van der Waals surface area contributed by atoms with Crippen LogP contribution < -0.4 is 4.72 Å². The summed E-state index contributed by atoms with van der Waals surface area (Å²) in [6, 6.07) is 29.5. The van der Waals surface area contributed by atoms with E-state index in [1.54, 1.807) is 48.8 Å². The van der Waals surface area contributed by atoms with Gasteiger partial charge in [-0.05, 0) is 54.6 Å². The molecule has 1 fully saturated rings. The normalized spacial score (nSPS) is 18.7. The van der Waals surface area contributed by atoms with Gasteiger partial charge in [-0.15, -0.1) is 0 Å². The molecule has 1 aliphatic heterocycles. The topological polar surface area (TPSA) is 114 Å². The molecule has 6 rings (SSSR count). The van der Waals surface area contributed by atoms with Crippen molar-refractivity contribution in [1.82, 2.24) is 14.9 Å². The van der Waals surface area contributed by atoms with Crippen LogP contribution in [0.15, 0.2) is 114 Å². The zero-order chi connectivity index (χ0) is 31.2. The number of nitrogens with zero attached hydrogens (tertiary/aromatic N) is 3. The third kappa shape index (κ3) is 7.55. The molecule has 5 aromatic rings. The minimum Gasteiger partial charge on any atom is -0.392 e. The highest BCUT2D eigenvalue weighted by Gasteiger charge is 2.33. The molecule has 0 bridgehead atoms. The highest BCUT2D eigenvalue weighted by Crippen LogP contribution is 2.39. The summed E-state index contributed by atoms with van der Waals surface area (Å²) in [7, 11) is -1.86. The van der Waals surface area contributed by atoms with Gasteiger partial charge in [-0.2, -0.15) is 0 Å². The molecule has 9 nitrogen and oxygen atoms in total. The van der Waals surface area contributed by atoms with Gasteiger partial charge in [0.2, 0.25) is 0 Å². The van der Waals surface area contributed by atoms with Crippen molar-refractivity contribution < 1.29 is 23.0 Å². The van der Waals surface area contributed by atoms with Crippen LogP contribution in [0, 0.1) is 0 Å². The second kappa shape index (κ2) is 13.8. The summed E-state index contributed by atoms with van der Waals surface area (Å²) in [5.74, 6) is 0. The van der Waals surface area contributed by atoms with Gasteiger partial charge < -0.3 is 19.5 Å². The quantitative estimate of drug-likeness (QED) is 0.194. The molecule has 3 aromatic carbocycles. The van der Waals surface area contributed by atoms with Gasteiger partial charge in [-0.1, -0.05) is 60.7 Å². The van der Waals surface area contributed by atoms with Crippen molar-refractivity contribution in [1.29, 1.82) is 0 Å². The molecule has 0 saturated carbocycles. The zero-order valence-electron chi connectivity index (χ0n) is 25.0. The average molecular weight is 625 g/mol. The number of rotatable bonds is 11. The molecular formula is C35H36N4O5S. The van der Waals surface area contributed by atoms with Gasteiger partial charge in [0.05, 0.1) is 24.3 Å². The molecule has 0 radical (unpaired) electrons. The van der Waals surface area contributed by atoms with E-state index >= 15 is 0 Å². The largest absolute Gasteiger partial charge is 0.392 e. The van der Waals surface area contributed by atoms with Gasteiger partial charge in [0.25, 0.3) is 10.0 Å². The molecular weight excluding hydrogens is 588 g/mol. The van der Waals surface area contributed by atoms with Crippen LogP contribution in [0.4, 0.5) is 5.69 Å². The average Bonchev–Trinajstić information content (AvgIpc) is 3.07. The molecule has 0 spiro atoms. The number of aliphatic hydroxyl groups is 1. The first kappa shape index (κ1) is 30.8. The fraction of sp³-hybridized carbons (Fsp3) is 0.257. The van der Waals surface area contributed by atoms with E-state index in [9.17, 15) is 13.5 Å². The summed E-state index contributed by atoms with van der Waals surface area (Å²) >= 11 is 0. The van der Waals surface area contributed by atoms with E-state index in [1.807, 2.05) is 60.7 Å². The Morgan fingerprint density at radius 1 is 0.889 bits per heavy atom. The standard InChI is InChI=1S/C35H36N4O5S/c1-39(20-17-29-10-2-3-18-36-29)23-31-22-32(26-15-13-25(24-40)14-16-26)44-35(43-31)28-8-4-11-30(21-28)38-45(41,42)33-12-5-7-27-9-6-19-37-34(27)33/h2-16,18-19,21,31-32,35,38,40H,17,20,22-24H2,1H3/t31-,32+,35?/m0/s1. The summed E-state index contributed by atoms with van der Waals surface area (Å²) in [4.78, 5) is 11.1. The lowest BCUT2D eigenvalue weighted by atomic mass is 9.99. The zero-order valence-corrected chi connectivity index (χ0v) is 25.8. The van der Waals surface area contributed by atoms with Crippen molar-refractivity contribution in [2.45, 2.75) is 42.8 Å². The maximum Gasteiger partial charge on any atom is 0.264 e. The minimum atomic E-state index is -3.93. The van der Waals surface area contributed by atoms with Crippen LogP contribution in [0.5, 0.6) is 0 Å². The monoisotopic (exact) mass is 624 g/mol. The lowest BCUT2D eigenvalue weighted by Crippen LogP contribution is -2.38. The minimum absolute atomic E-state index is 0.0290. The number of hydrogen-bond acceptors (Lipinski definition) is 8. The number of benzene rings is 3. The molecule has 2 N–H and O–H groups in total. The van der Waals surface area contributed by atoms with E-state index in [-0.39, 0.29) is 23.7 Å². The highest BCUT2D eigenvalue weighted by atomic mass is 32.2. The number of nitrogens with one attached hydrogen (secondary N) is 1. The van der Waals surface area contributed by atoms with Crippen molar-refractivity contribution in [2.24, 2.45) is 0 Å². The van der Waals surface area contributed by atoms with Crippen molar-refractivity contribution in [3.05, 3.63) is 132 Å². The Hall–Kier alpha value is -4.19. The van der Waals surface area contributed by atoms with E-state index < -0.39 is 16.3 Å². The van der Waals surface area contributed by atoms with Gasteiger partial charge in [0.15, 0.2) is 6.29 Å². The van der Waals surface area contributed by atoms with Crippen LogP contribution in [0.25, 0.3) is 10.9 Å². The van der Waals surface area contributed by atoms with Crippen molar-refractivity contribution >= 4 is 26.6 Å². The highest BCUT2D eigenvalue weighted by molar-refractivity contribution is 7.93. The number of para-hydroxylation sites is 1. The maximum absolute atomic E-state index is 13.5. The summed E-state index contributed by atoms with van der Waals surface area (Å²) in [5.41, 5.74) is 4.36. The number of hydrogen-bond donors (Lipinski definition) is 2. The summed E-state index contributed by atoms with van der Waals surface area (Å²) in [6.45, 7) is 1.47. The number of aliphatic hydroxyl groups excluding tert-OH is 1. The molecule has 45 heavy (non-hydrogen) atoms. The van der Waals surface area contributed by atoms with Crippen LogP contribution in [0.1, 0.15) is 41.2 Å². The third-order valence-corrected chi connectivity index (χ3v) is 9.32. The number of sulfonamides is 1. The molecule has 3 atom stereocenters. The Bertz CT molecular complexity index is 1830.